The second-order valence-electron chi connectivity index (χ2n) is 6.13. The van der Waals surface area contributed by atoms with Gasteiger partial charge in [-0.05, 0) is 38.1 Å². The number of hydrogen-bond acceptors (Lipinski definition) is 2. The van der Waals surface area contributed by atoms with Gasteiger partial charge in [0.1, 0.15) is 0 Å². The Labute approximate surface area is 117 Å². The van der Waals surface area contributed by atoms with E-state index in [9.17, 15) is 4.79 Å². The van der Waals surface area contributed by atoms with E-state index in [1.54, 1.807) is 0 Å². The predicted molar refractivity (Wildman–Crippen MR) is 77.1 cm³/mol. The van der Waals surface area contributed by atoms with E-state index < -0.39 is 0 Å². The number of amides is 1. The molecule has 1 heterocycles. The van der Waals surface area contributed by atoms with Crippen molar-refractivity contribution in [3.05, 3.63) is 0 Å². The Kier molecular flexibility index (Phi) is 5.93. The Balaban J connectivity index is 0.00000162. The first-order chi connectivity index (χ1) is 8.14. The number of rotatable bonds is 3. The van der Waals surface area contributed by atoms with Crippen LogP contribution in [0.2, 0.25) is 0 Å². The first kappa shape index (κ1) is 15.8. The molecular formula is C14H27ClN2O. The average molecular weight is 275 g/mol. The van der Waals surface area contributed by atoms with Crippen LogP contribution in [-0.2, 0) is 4.79 Å². The Hall–Kier alpha value is -0.280. The Morgan fingerprint density at radius 3 is 2.50 bits per heavy atom. The molecule has 2 aliphatic rings. The van der Waals surface area contributed by atoms with E-state index in [-0.39, 0.29) is 17.8 Å². The van der Waals surface area contributed by atoms with Gasteiger partial charge in [0.05, 0.1) is 0 Å². The van der Waals surface area contributed by atoms with Gasteiger partial charge >= 0.3 is 0 Å². The fraction of sp³-hybridized carbons (Fsp3) is 0.929. The Morgan fingerprint density at radius 2 is 1.94 bits per heavy atom. The van der Waals surface area contributed by atoms with Crippen LogP contribution in [-0.4, -0.2) is 37.0 Å². The lowest BCUT2D eigenvalue weighted by Crippen LogP contribution is -2.49. The van der Waals surface area contributed by atoms with Crippen molar-refractivity contribution in [2.24, 2.45) is 11.3 Å². The standard InChI is InChI=1S/C14H26N2O.ClH/c1-12(2)11-14(5-3-6-14)13(17)16-9-4-7-15-8-10-16;/h12,15H,3-11H2,1-2H3;1H. The highest BCUT2D eigenvalue weighted by Gasteiger charge is 2.46. The fourth-order valence-corrected chi connectivity index (χ4v) is 3.27. The lowest BCUT2D eigenvalue weighted by molar-refractivity contribution is -0.148. The molecule has 0 bridgehead atoms. The van der Waals surface area contributed by atoms with E-state index in [1.807, 2.05) is 0 Å². The Morgan fingerprint density at radius 1 is 1.22 bits per heavy atom. The molecule has 1 amide bonds. The molecule has 0 aromatic carbocycles. The normalized spacial score (nSPS) is 22.9. The van der Waals surface area contributed by atoms with Crippen LogP contribution in [0.5, 0.6) is 0 Å². The van der Waals surface area contributed by atoms with Crippen LogP contribution in [0.1, 0.15) is 46.0 Å². The fourth-order valence-electron chi connectivity index (χ4n) is 3.27. The van der Waals surface area contributed by atoms with Crippen molar-refractivity contribution in [2.75, 3.05) is 26.2 Å². The van der Waals surface area contributed by atoms with Gasteiger partial charge < -0.3 is 10.2 Å². The van der Waals surface area contributed by atoms with Gasteiger partial charge in [0.15, 0.2) is 0 Å². The summed E-state index contributed by atoms with van der Waals surface area (Å²) in [5.41, 5.74) is 0.0124. The van der Waals surface area contributed by atoms with Gasteiger partial charge in [0.2, 0.25) is 5.91 Å². The van der Waals surface area contributed by atoms with Crippen LogP contribution < -0.4 is 5.32 Å². The summed E-state index contributed by atoms with van der Waals surface area (Å²) in [5.74, 6) is 1.07. The molecule has 0 radical (unpaired) electrons. The van der Waals surface area contributed by atoms with Gasteiger partial charge in [0.25, 0.3) is 0 Å². The minimum atomic E-state index is 0. The van der Waals surface area contributed by atoms with Crippen LogP contribution in [0.25, 0.3) is 0 Å². The van der Waals surface area contributed by atoms with Gasteiger partial charge in [0, 0.05) is 25.0 Å². The number of nitrogens with zero attached hydrogens (tertiary/aromatic N) is 1. The van der Waals surface area contributed by atoms with Crippen molar-refractivity contribution < 1.29 is 4.79 Å². The topological polar surface area (TPSA) is 32.3 Å². The van der Waals surface area contributed by atoms with Gasteiger partial charge in [-0.3, -0.25) is 4.79 Å². The van der Waals surface area contributed by atoms with E-state index in [4.69, 9.17) is 0 Å². The molecular weight excluding hydrogens is 248 g/mol. The highest BCUT2D eigenvalue weighted by Crippen LogP contribution is 2.47. The van der Waals surface area contributed by atoms with Crippen molar-refractivity contribution in [2.45, 2.75) is 46.0 Å². The summed E-state index contributed by atoms with van der Waals surface area (Å²) in [7, 11) is 0. The molecule has 1 aliphatic carbocycles. The number of carbonyl (C=O) groups excluding carboxylic acids is 1. The van der Waals surface area contributed by atoms with E-state index in [0.29, 0.717) is 11.8 Å². The van der Waals surface area contributed by atoms with Crippen molar-refractivity contribution in [1.29, 1.82) is 0 Å². The maximum atomic E-state index is 12.7. The second kappa shape index (κ2) is 6.76. The molecule has 2 fully saturated rings. The predicted octanol–water partition coefficient (Wildman–Crippen LogP) is 2.45. The number of halogens is 1. The van der Waals surface area contributed by atoms with E-state index in [1.165, 1.54) is 6.42 Å². The molecule has 4 heteroatoms. The molecule has 3 nitrogen and oxygen atoms in total. The molecule has 0 unspecified atom stereocenters. The molecule has 0 aromatic rings. The summed E-state index contributed by atoms with van der Waals surface area (Å²) < 4.78 is 0. The van der Waals surface area contributed by atoms with Crippen molar-refractivity contribution in [3.8, 4) is 0 Å². The SMILES string of the molecule is CC(C)CC1(C(=O)N2CCCNCC2)CCC1.Cl. The molecule has 1 saturated heterocycles. The van der Waals surface area contributed by atoms with E-state index in [0.717, 1.165) is 51.9 Å². The van der Waals surface area contributed by atoms with Crippen LogP contribution in [0.3, 0.4) is 0 Å². The van der Waals surface area contributed by atoms with Crippen molar-refractivity contribution >= 4 is 18.3 Å². The molecule has 18 heavy (non-hydrogen) atoms. The minimum Gasteiger partial charge on any atom is -0.341 e. The van der Waals surface area contributed by atoms with Crippen LogP contribution >= 0.6 is 12.4 Å². The van der Waals surface area contributed by atoms with Crippen molar-refractivity contribution in [1.82, 2.24) is 10.2 Å². The third-order valence-electron chi connectivity index (χ3n) is 4.19. The summed E-state index contributed by atoms with van der Waals surface area (Å²) in [5, 5.41) is 3.37. The lowest BCUT2D eigenvalue weighted by Gasteiger charge is -2.44. The molecule has 0 spiro atoms. The van der Waals surface area contributed by atoms with Gasteiger partial charge in [-0.2, -0.15) is 0 Å². The first-order valence-corrected chi connectivity index (χ1v) is 7.14. The molecule has 2 rings (SSSR count). The van der Waals surface area contributed by atoms with Gasteiger partial charge in [-0.25, -0.2) is 0 Å². The second-order valence-corrected chi connectivity index (χ2v) is 6.13. The number of nitrogens with one attached hydrogen (secondary N) is 1. The van der Waals surface area contributed by atoms with E-state index in [2.05, 4.69) is 24.1 Å². The Bertz CT molecular complexity index is 269. The lowest BCUT2D eigenvalue weighted by atomic mass is 9.63. The number of hydrogen-bond donors (Lipinski definition) is 1. The summed E-state index contributed by atoms with van der Waals surface area (Å²) in [4.78, 5) is 14.8. The zero-order chi connectivity index (χ0) is 12.3. The number of carbonyl (C=O) groups is 1. The van der Waals surface area contributed by atoms with Crippen LogP contribution in [0.4, 0.5) is 0 Å². The zero-order valence-electron chi connectivity index (χ0n) is 11.7. The third kappa shape index (κ3) is 3.39. The summed E-state index contributed by atoms with van der Waals surface area (Å²) in [6.45, 7) is 8.34. The molecule has 106 valence electrons. The summed E-state index contributed by atoms with van der Waals surface area (Å²) in [6, 6.07) is 0. The maximum Gasteiger partial charge on any atom is 0.228 e. The van der Waals surface area contributed by atoms with Crippen LogP contribution in [0, 0.1) is 11.3 Å². The average Bonchev–Trinajstić information content (AvgIpc) is 2.50. The monoisotopic (exact) mass is 274 g/mol. The molecule has 1 saturated carbocycles. The summed E-state index contributed by atoms with van der Waals surface area (Å²) >= 11 is 0. The molecule has 0 aromatic heterocycles. The highest BCUT2D eigenvalue weighted by molar-refractivity contribution is 5.85. The smallest absolute Gasteiger partial charge is 0.228 e. The van der Waals surface area contributed by atoms with Crippen LogP contribution in [0.15, 0.2) is 0 Å². The van der Waals surface area contributed by atoms with E-state index >= 15 is 0 Å². The first-order valence-electron chi connectivity index (χ1n) is 7.14. The molecule has 1 N–H and O–H groups in total. The minimum absolute atomic E-state index is 0. The summed E-state index contributed by atoms with van der Waals surface area (Å²) in [6.07, 6.45) is 5.66. The largest absolute Gasteiger partial charge is 0.341 e. The molecule has 1 aliphatic heterocycles. The molecule has 0 atom stereocenters. The van der Waals surface area contributed by atoms with Gasteiger partial charge in [-0.15, -0.1) is 12.4 Å². The maximum absolute atomic E-state index is 12.7. The highest BCUT2D eigenvalue weighted by atomic mass is 35.5. The zero-order valence-corrected chi connectivity index (χ0v) is 12.5. The third-order valence-corrected chi connectivity index (χ3v) is 4.19. The quantitative estimate of drug-likeness (QED) is 0.857. The van der Waals surface area contributed by atoms with Gasteiger partial charge in [-0.1, -0.05) is 20.3 Å². The van der Waals surface area contributed by atoms with Crippen molar-refractivity contribution in [3.63, 3.8) is 0 Å².